The summed E-state index contributed by atoms with van der Waals surface area (Å²) >= 11 is 13.1. The van der Waals surface area contributed by atoms with Crippen molar-refractivity contribution < 1.29 is 9.05 Å². The van der Waals surface area contributed by atoms with Crippen molar-refractivity contribution in [2.45, 2.75) is 40.2 Å². The first-order chi connectivity index (χ1) is 9.53. The Morgan fingerprint density at radius 1 is 1.30 bits per heavy atom. The van der Waals surface area contributed by atoms with Crippen molar-refractivity contribution in [2.75, 3.05) is 12.4 Å². The van der Waals surface area contributed by atoms with Crippen LogP contribution in [0.5, 0.6) is 0 Å². The van der Waals surface area contributed by atoms with Crippen molar-refractivity contribution in [1.29, 1.82) is 0 Å². The SMILES string of the molecule is CCCS[P@@](=S)(OCC)OCc1cc(Cl)nc(CC)n1. The normalized spacial score (nSPS) is 14.2. The van der Waals surface area contributed by atoms with E-state index in [0.29, 0.717) is 24.2 Å². The Bertz CT molecular complexity index is 477. The first-order valence-corrected chi connectivity index (χ1v) is 11.2. The van der Waals surface area contributed by atoms with Crippen molar-refractivity contribution in [1.82, 2.24) is 9.97 Å². The smallest absolute Gasteiger partial charge is 0.247 e. The first-order valence-electron chi connectivity index (χ1n) is 6.59. The molecule has 0 aliphatic rings. The minimum absolute atomic E-state index is 0.309. The van der Waals surface area contributed by atoms with Crippen LogP contribution in [0, 0.1) is 0 Å². The van der Waals surface area contributed by atoms with Gasteiger partial charge in [-0.3, -0.25) is 0 Å². The van der Waals surface area contributed by atoms with E-state index in [1.807, 2.05) is 13.8 Å². The third-order valence-corrected chi connectivity index (χ3v) is 8.05. The van der Waals surface area contributed by atoms with E-state index in [1.54, 1.807) is 17.4 Å². The summed E-state index contributed by atoms with van der Waals surface area (Å²) in [6.07, 6.45) is 1.77. The van der Waals surface area contributed by atoms with Crippen molar-refractivity contribution in [3.05, 3.63) is 22.7 Å². The molecule has 0 amide bonds. The number of aryl methyl sites for hydroxylation is 1. The maximum absolute atomic E-state index is 5.96. The first kappa shape index (κ1) is 18.3. The molecule has 8 heteroatoms. The van der Waals surface area contributed by atoms with Crippen LogP contribution in [0.25, 0.3) is 0 Å². The lowest BCUT2D eigenvalue weighted by atomic mass is 10.4. The van der Waals surface area contributed by atoms with Gasteiger partial charge in [-0.15, -0.1) is 0 Å². The average Bonchev–Trinajstić information content (AvgIpc) is 2.43. The molecule has 1 heterocycles. The monoisotopic (exact) mass is 354 g/mol. The van der Waals surface area contributed by atoms with Gasteiger partial charge in [0, 0.05) is 12.2 Å². The third kappa shape index (κ3) is 6.37. The molecule has 1 aromatic rings. The zero-order valence-electron chi connectivity index (χ0n) is 12.0. The van der Waals surface area contributed by atoms with Gasteiger partial charge < -0.3 is 9.05 Å². The Labute approximate surface area is 134 Å². The second-order valence-electron chi connectivity index (χ2n) is 3.92. The Balaban J connectivity index is 2.71. The summed E-state index contributed by atoms with van der Waals surface area (Å²) in [6.45, 7) is 6.88. The highest BCUT2D eigenvalue weighted by molar-refractivity contribution is 8.67. The minimum Gasteiger partial charge on any atom is -0.322 e. The highest BCUT2D eigenvalue weighted by Gasteiger charge is 2.19. The summed E-state index contributed by atoms with van der Waals surface area (Å²) in [5, 5.41) is 0.432. The molecule has 0 unspecified atom stereocenters. The fourth-order valence-corrected chi connectivity index (χ4v) is 6.11. The second-order valence-corrected chi connectivity index (χ2v) is 10.7. The van der Waals surface area contributed by atoms with Crippen molar-refractivity contribution >= 4 is 40.5 Å². The molecule has 0 bridgehead atoms. The molecule has 0 radical (unpaired) electrons. The van der Waals surface area contributed by atoms with Crippen LogP contribution in [0.3, 0.4) is 0 Å². The molecule has 0 aromatic carbocycles. The number of aromatic nitrogens is 2. The molecule has 0 aliphatic carbocycles. The molecule has 4 nitrogen and oxygen atoms in total. The maximum Gasteiger partial charge on any atom is 0.247 e. The molecule has 0 saturated carbocycles. The number of nitrogens with zero attached hydrogens (tertiary/aromatic N) is 2. The van der Waals surface area contributed by atoms with E-state index in [0.717, 1.165) is 24.3 Å². The highest BCUT2D eigenvalue weighted by Crippen LogP contribution is 2.61. The van der Waals surface area contributed by atoms with Gasteiger partial charge in [0.25, 0.3) is 0 Å². The number of hydrogen-bond acceptors (Lipinski definition) is 6. The molecule has 0 saturated heterocycles. The summed E-state index contributed by atoms with van der Waals surface area (Å²) in [6, 6.07) is 1.71. The predicted octanol–water partition coefficient (Wildman–Crippen LogP) is 4.61. The van der Waals surface area contributed by atoms with Crippen LogP contribution in [-0.4, -0.2) is 22.3 Å². The molecule has 1 rings (SSSR count). The van der Waals surface area contributed by atoms with Crippen molar-refractivity contribution in [2.24, 2.45) is 0 Å². The largest absolute Gasteiger partial charge is 0.322 e. The van der Waals surface area contributed by atoms with Crippen LogP contribution in [0.2, 0.25) is 5.15 Å². The standard InChI is InChI=1S/C12H20ClN2O2PS2/c1-4-7-20-18(19,16-6-3)17-9-10-8-11(13)15-12(5-2)14-10/h8H,4-7,9H2,1-3H3/t18-/m0/s1. The lowest BCUT2D eigenvalue weighted by molar-refractivity contribution is 0.258. The van der Waals surface area contributed by atoms with Gasteiger partial charge in [-0.05, 0) is 31.2 Å². The number of rotatable bonds is 9. The fraction of sp³-hybridized carbons (Fsp3) is 0.667. The molecule has 1 atom stereocenters. The van der Waals surface area contributed by atoms with Gasteiger partial charge in [0.15, 0.2) is 0 Å². The number of hydrogen-bond donors (Lipinski definition) is 0. The molecule has 0 N–H and O–H groups in total. The summed E-state index contributed by atoms with van der Waals surface area (Å²) in [5.41, 5.74) is -1.55. The highest BCUT2D eigenvalue weighted by atomic mass is 35.5. The van der Waals surface area contributed by atoms with E-state index in [-0.39, 0.29) is 0 Å². The molecular weight excluding hydrogens is 335 g/mol. The Morgan fingerprint density at radius 3 is 2.65 bits per heavy atom. The predicted molar refractivity (Wildman–Crippen MR) is 89.9 cm³/mol. The van der Waals surface area contributed by atoms with E-state index < -0.39 is 5.69 Å². The summed E-state index contributed by atoms with van der Waals surface area (Å²) in [4.78, 5) is 8.51. The summed E-state index contributed by atoms with van der Waals surface area (Å²) in [5.74, 6) is 1.64. The quantitative estimate of drug-likeness (QED) is 0.476. The zero-order chi connectivity index (χ0) is 15.0. The van der Waals surface area contributed by atoms with Crippen LogP contribution >= 0.6 is 28.7 Å². The van der Waals surface area contributed by atoms with E-state index in [1.165, 1.54) is 0 Å². The van der Waals surface area contributed by atoms with Crippen LogP contribution in [0.1, 0.15) is 38.7 Å². The average molecular weight is 355 g/mol. The van der Waals surface area contributed by atoms with Gasteiger partial charge in [0.05, 0.1) is 18.9 Å². The second kappa shape index (κ2) is 9.34. The van der Waals surface area contributed by atoms with Crippen molar-refractivity contribution in [3.8, 4) is 0 Å². The van der Waals surface area contributed by atoms with Crippen LogP contribution in [-0.2, 0) is 33.9 Å². The van der Waals surface area contributed by atoms with E-state index in [2.05, 4.69) is 16.9 Å². The van der Waals surface area contributed by atoms with Gasteiger partial charge in [0.2, 0.25) is 5.69 Å². The lowest BCUT2D eigenvalue weighted by Gasteiger charge is -2.20. The van der Waals surface area contributed by atoms with Crippen molar-refractivity contribution in [3.63, 3.8) is 0 Å². The topological polar surface area (TPSA) is 44.2 Å². The Kier molecular flexibility index (Phi) is 8.56. The van der Waals surface area contributed by atoms with Gasteiger partial charge in [-0.2, -0.15) is 0 Å². The van der Waals surface area contributed by atoms with E-state index in [9.17, 15) is 0 Å². The molecule has 0 fully saturated rings. The zero-order valence-corrected chi connectivity index (χ0v) is 15.2. The molecule has 114 valence electrons. The fourth-order valence-electron chi connectivity index (χ4n) is 1.37. The lowest BCUT2D eigenvalue weighted by Crippen LogP contribution is -2.01. The van der Waals surface area contributed by atoms with Gasteiger partial charge >= 0.3 is 0 Å². The molecule has 1 aromatic heterocycles. The molecule has 0 aliphatic heterocycles. The summed E-state index contributed by atoms with van der Waals surface area (Å²) < 4.78 is 11.5. The van der Waals surface area contributed by atoms with Gasteiger partial charge in [-0.25, -0.2) is 9.97 Å². The number of halogens is 1. The minimum atomic E-state index is -2.29. The molecular formula is C12H20ClN2O2PS2. The molecule has 20 heavy (non-hydrogen) atoms. The Morgan fingerprint density at radius 2 is 2.05 bits per heavy atom. The third-order valence-electron chi connectivity index (χ3n) is 2.22. The van der Waals surface area contributed by atoms with Crippen LogP contribution in [0.15, 0.2) is 6.07 Å². The summed E-state index contributed by atoms with van der Waals surface area (Å²) in [7, 11) is 0. The maximum atomic E-state index is 5.96. The van der Waals surface area contributed by atoms with Crippen LogP contribution in [0.4, 0.5) is 0 Å². The van der Waals surface area contributed by atoms with Gasteiger partial charge in [-0.1, -0.05) is 36.8 Å². The van der Waals surface area contributed by atoms with Gasteiger partial charge in [0.1, 0.15) is 11.0 Å². The van der Waals surface area contributed by atoms with E-state index >= 15 is 0 Å². The molecule has 0 spiro atoms. The Hall–Kier alpha value is 0.290. The van der Waals surface area contributed by atoms with E-state index in [4.69, 9.17) is 32.5 Å². The van der Waals surface area contributed by atoms with Crippen LogP contribution < -0.4 is 0 Å².